The van der Waals surface area contributed by atoms with E-state index in [9.17, 15) is 9.50 Å². The molecule has 1 fully saturated rings. The predicted molar refractivity (Wildman–Crippen MR) is 66.3 cm³/mol. The summed E-state index contributed by atoms with van der Waals surface area (Å²) in [4.78, 5) is 11.8. The number of imidazole rings is 1. The molecule has 0 spiro atoms. The van der Waals surface area contributed by atoms with Crippen molar-refractivity contribution in [1.82, 2.24) is 19.5 Å². The number of fused-ring (bicyclic) bond motifs is 1. The largest absolute Gasteiger partial charge is 0.394 e. The minimum Gasteiger partial charge on any atom is -0.394 e. The van der Waals surface area contributed by atoms with Crippen molar-refractivity contribution in [2.24, 2.45) is 0 Å². The Labute approximate surface area is 113 Å². The third-order valence-electron chi connectivity index (χ3n) is 3.54. The number of nitrogens with two attached hydrogens (primary N) is 1. The van der Waals surface area contributed by atoms with Gasteiger partial charge in [0, 0.05) is 0 Å². The summed E-state index contributed by atoms with van der Waals surface area (Å²) >= 11 is 0. The smallest absolute Gasteiger partial charge is 0.181 e. The molecule has 0 radical (unpaired) electrons. The molecule has 0 saturated carbocycles. The van der Waals surface area contributed by atoms with E-state index in [1.54, 1.807) is 0 Å². The SMILES string of the molecule is CC1(F)[C@H](O)[C@@H](CO)O[C@H]1n1cnc2c(N)ncnc21. The summed E-state index contributed by atoms with van der Waals surface area (Å²) in [5.41, 5.74) is 4.20. The summed E-state index contributed by atoms with van der Waals surface area (Å²) < 4.78 is 21.4. The topological polar surface area (TPSA) is 119 Å². The maximum atomic E-state index is 14.7. The molecule has 8 nitrogen and oxygen atoms in total. The Kier molecular flexibility index (Phi) is 2.85. The summed E-state index contributed by atoms with van der Waals surface area (Å²) in [6, 6.07) is 0. The normalized spacial score (nSPS) is 33.9. The van der Waals surface area contributed by atoms with Gasteiger partial charge < -0.3 is 20.7 Å². The van der Waals surface area contributed by atoms with E-state index < -0.39 is 30.7 Å². The van der Waals surface area contributed by atoms with E-state index in [-0.39, 0.29) is 5.82 Å². The number of hydrogen-bond donors (Lipinski definition) is 3. The number of aliphatic hydroxyl groups excluding tert-OH is 2. The number of nitrogens with zero attached hydrogens (tertiary/aromatic N) is 4. The molecule has 1 unspecified atom stereocenters. The standard InChI is InChI=1S/C11H14FN5O3/c1-11(12)7(19)5(2-18)20-10(11)17-4-16-6-8(13)14-3-15-9(6)17/h3-5,7,10,18-19H,2H2,1H3,(H2,13,14,15)/t5-,7-,10-,11?/m1/s1. The summed E-state index contributed by atoms with van der Waals surface area (Å²) in [6.07, 6.45) is -1.06. The van der Waals surface area contributed by atoms with Crippen LogP contribution in [0.15, 0.2) is 12.7 Å². The Morgan fingerprint density at radius 1 is 1.50 bits per heavy atom. The number of anilines is 1. The number of nitrogen functional groups attached to an aromatic ring is 1. The first-order valence-corrected chi connectivity index (χ1v) is 6.03. The van der Waals surface area contributed by atoms with Crippen LogP contribution in [0, 0.1) is 0 Å². The molecule has 4 N–H and O–H groups in total. The quantitative estimate of drug-likeness (QED) is 0.672. The van der Waals surface area contributed by atoms with Crippen LogP contribution in [-0.2, 0) is 4.74 Å². The molecule has 0 aliphatic carbocycles. The van der Waals surface area contributed by atoms with Crippen LogP contribution in [0.2, 0.25) is 0 Å². The molecule has 1 saturated heterocycles. The highest BCUT2D eigenvalue weighted by atomic mass is 19.1. The zero-order valence-electron chi connectivity index (χ0n) is 10.6. The summed E-state index contributed by atoms with van der Waals surface area (Å²) in [7, 11) is 0. The van der Waals surface area contributed by atoms with Crippen LogP contribution in [0.1, 0.15) is 13.2 Å². The van der Waals surface area contributed by atoms with Crippen molar-refractivity contribution >= 4 is 17.0 Å². The molecule has 4 atom stereocenters. The van der Waals surface area contributed by atoms with Crippen molar-refractivity contribution < 1.29 is 19.3 Å². The van der Waals surface area contributed by atoms with Crippen molar-refractivity contribution in [2.75, 3.05) is 12.3 Å². The second-order valence-corrected chi connectivity index (χ2v) is 4.89. The zero-order chi connectivity index (χ0) is 14.5. The van der Waals surface area contributed by atoms with Gasteiger partial charge in [-0.15, -0.1) is 0 Å². The molecule has 1 aliphatic heterocycles. The molecule has 0 amide bonds. The third-order valence-corrected chi connectivity index (χ3v) is 3.54. The van der Waals surface area contributed by atoms with Gasteiger partial charge in [0.15, 0.2) is 23.4 Å². The second-order valence-electron chi connectivity index (χ2n) is 4.89. The molecule has 2 aromatic heterocycles. The van der Waals surface area contributed by atoms with Crippen molar-refractivity contribution in [3.8, 4) is 0 Å². The molecule has 1 aliphatic rings. The minimum atomic E-state index is -2.10. The van der Waals surface area contributed by atoms with Gasteiger partial charge in [0.25, 0.3) is 0 Å². The third kappa shape index (κ3) is 1.67. The van der Waals surface area contributed by atoms with Gasteiger partial charge in [0.05, 0.1) is 12.9 Å². The van der Waals surface area contributed by atoms with Crippen molar-refractivity contribution in [3.63, 3.8) is 0 Å². The van der Waals surface area contributed by atoms with Crippen LogP contribution in [0.5, 0.6) is 0 Å². The highest BCUT2D eigenvalue weighted by molar-refractivity contribution is 5.81. The molecular formula is C11H14FN5O3. The van der Waals surface area contributed by atoms with E-state index in [1.807, 2.05) is 0 Å². The Morgan fingerprint density at radius 2 is 2.25 bits per heavy atom. The highest BCUT2D eigenvalue weighted by Gasteiger charge is 2.55. The summed E-state index contributed by atoms with van der Waals surface area (Å²) in [5, 5.41) is 19.0. The van der Waals surface area contributed by atoms with Crippen molar-refractivity contribution in [2.45, 2.75) is 31.0 Å². The van der Waals surface area contributed by atoms with Gasteiger partial charge in [-0.2, -0.15) is 0 Å². The lowest BCUT2D eigenvalue weighted by atomic mass is 9.98. The number of aliphatic hydroxyl groups is 2. The van der Waals surface area contributed by atoms with Crippen LogP contribution in [0.4, 0.5) is 10.2 Å². The van der Waals surface area contributed by atoms with E-state index >= 15 is 0 Å². The average molecular weight is 283 g/mol. The molecule has 3 rings (SSSR count). The van der Waals surface area contributed by atoms with Crippen LogP contribution in [0.3, 0.4) is 0 Å². The van der Waals surface area contributed by atoms with Gasteiger partial charge >= 0.3 is 0 Å². The predicted octanol–water partition coefficient (Wildman–Crippen LogP) is -0.613. The molecule has 0 bridgehead atoms. The monoisotopic (exact) mass is 283 g/mol. The van der Waals surface area contributed by atoms with Crippen LogP contribution >= 0.6 is 0 Å². The van der Waals surface area contributed by atoms with Crippen LogP contribution in [-0.4, -0.2) is 54.2 Å². The maximum Gasteiger partial charge on any atom is 0.181 e. The zero-order valence-corrected chi connectivity index (χ0v) is 10.6. The molecule has 3 heterocycles. The summed E-state index contributed by atoms with van der Waals surface area (Å²) in [5.74, 6) is 0.173. The number of alkyl halides is 1. The Balaban J connectivity index is 2.10. The fourth-order valence-electron chi connectivity index (χ4n) is 2.40. The molecule has 9 heteroatoms. The molecule has 2 aromatic rings. The first kappa shape index (κ1) is 13.2. The van der Waals surface area contributed by atoms with E-state index in [2.05, 4.69) is 15.0 Å². The first-order valence-electron chi connectivity index (χ1n) is 6.03. The van der Waals surface area contributed by atoms with E-state index in [1.165, 1.54) is 24.1 Å². The van der Waals surface area contributed by atoms with Gasteiger partial charge in [0.1, 0.15) is 24.1 Å². The lowest BCUT2D eigenvalue weighted by molar-refractivity contribution is -0.0566. The van der Waals surface area contributed by atoms with Gasteiger partial charge in [-0.05, 0) is 6.92 Å². The van der Waals surface area contributed by atoms with Gasteiger partial charge in [-0.1, -0.05) is 0 Å². The lowest BCUT2D eigenvalue weighted by Crippen LogP contribution is -2.40. The fourth-order valence-corrected chi connectivity index (χ4v) is 2.40. The Hall–Kier alpha value is -1.84. The van der Waals surface area contributed by atoms with Crippen LogP contribution < -0.4 is 5.73 Å². The van der Waals surface area contributed by atoms with E-state index in [0.29, 0.717) is 11.2 Å². The number of hydrogen-bond acceptors (Lipinski definition) is 7. The average Bonchev–Trinajstić information content (AvgIpc) is 2.92. The van der Waals surface area contributed by atoms with E-state index in [0.717, 1.165) is 0 Å². The highest BCUT2D eigenvalue weighted by Crippen LogP contribution is 2.42. The first-order chi connectivity index (χ1) is 9.46. The molecule has 108 valence electrons. The molecular weight excluding hydrogens is 269 g/mol. The fraction of sp³-hybridized carbons (Fsp3) is 0.545. The van der Waals surface area contributed by atoms with Gasteiger partial charge in [0.2, 0.25) is 0 Å². The number of rotatable bonds is 2. The molecule has 0 aromatic carbocycles. The minimum absolute atomic E-state index is 0.173. The van der Waals surface area contributed by atoms with Crippen LogP contribution in [0.25, 0.3) is 11.2 Å². The summed E-state index contributed by atoms with van der Waals surface area (Å²) in [6.45, 7) is 0.718. The van der Waals surface area contributed by atoms with Crippen molar-refractivity contribution in [1.29, 1.82) is 0 Å². The lowest BCUT2D eigenvalue weighted by Gasteiger charge is -2.24. The Bertz CT molecular complexity index is 646. The van der Waals surface area contributed by atoms with Gasteiger partial charge in [-0.3, -0.25) is 4.57 Å². The second kappa shape index (κ2) is 4.33. The number of halogens is 1. The van der Waals surface area contributed by atoms with E-state index in [4.69, 9.17) is 15.6 Å². The molecule has 20 heavy (non-hydrogen) atoms. The number of ether oxygens (including phenoxy) is 1. The van der Waals surface area contributed by atoms with Gasteiger partial charge in [-0.25, -0.2) is 19.3 Å². The number of aromatic nitrogens is 4. The maximum absolute atomic E-state index is 14.7. The Morgan fingerprint density at radius 3 is 2.90 bits per heavy atom. The van der Waals surface area contributed by atoms with Crippen molar-refractivity contribution in [3.05, 3.63) is 12.7 Å².